The Balaban J connectivity index is 2.84. The monoisotopic (exact) mass is 125 g/mol. The van der Waals surface area contributed by atoms with Gasteiger partial charge in [-0.3, -0.25) is 0 Å². The van der Waals surface area contributed by atoms with Crippen molar-refractivity contribution >= 4 is 14.9 Å². The topological polar surface area (TPSA) is 26.0 Å². The molecular weight excluding hydrogens is 118 g/mol. The van der Waals surface area contributed by atoms with Gasteiger partial charge in [-0.1, -0.05) is 11.7 Å². The lowest BCUT2D eigenvalue weighted by atomic mass is 10.5. The molecular formula is C5H7NOSi. The molecule has 0 saturated heterocycles. The first-order valence-corrected chi connectivity index (χ1v) is 3.94. The highest BCUT2D eigenvalue weighted by Crippen LogP contribution is 1.85. The van der Waals surface area contributed by atoms with Gasteiger partial charge in [0.1, 0.15) is 14.9 Å². The molecule has 0 saturated carbocycles. The molecule has 8 heavy (non-hydrogen) atoms. The van der Waals surface area contributed by atoms with E-state index in [1.807, 2.05) is 13.0 Å². The molecule has 0 aliphatic rings. The van der Waals surface area contributed by atoms with Crippen LogP contribution in [0, 0.1) is 6.92 Å². The zero-order valence-corrected chi connectivity index (χ0v) is 5.93. The number of rotatable bonds is 1. The van der Waals surface area contributed by atoms with E-state index in [1.54, 1.807) is 0 Å². The van der Waals surface area contributed by atoms with Crippen molar-refractivity contribution in [3.8, 4) is 0 Å². The lowest BCUT2D eigenvalue weighted by Crippen LogP contribution is -2.05. The van der Waals surface area contributed by atoms with Crippen LogP contribution in [-0.2, 0) is 0 Å². The number of aromatic nitrogens is 1. The Morgan fingerprint density at radius 3 is 2.75 bits per heavy atom. The van der Waals surface area contributed by atoms with Gasteiger partial charge in [-0.05, 0) is 13.0 Å². The molecule has 0 aromatic carbocycles. The fourth-order valence-corrected chi connectivity index (χ4v) is 0.972. The minimum atomic E-state index is 0.722. The minimum absolute atomic E-state index is 0.722. The molecule has 2 radical (unpaired) electrons. The van der Waals surface area contributed by atoms with E-state index in [-0.39, 0.29) is 0 Å². The Morgan fingerprint density at radius 1 is 1.75 bits per heavy atom. The Morgan fingerprint density at radius 2 is 2.50 bits per heavy atom. The largest absolute Gasteiger partial charge is 0.367 e. The maximum Gasteiger partial charge on any atom is 0.133 e. The zero-order valence-electron chi connectivity index (χ0n) is 4.93. The van der Waals surface area contributed by atoms with Crippen LogP contribution in [0.3, 0.4) is 0 Å². The second-order valence-electron chi connectivity index (χ2n) is 1.58. The van der Waals surface area contributed by atoms with Gasteiger partial charge < -0.3 is 4.52 Å². The van der Waals surface area contributed by atoms with Gasteiger partial charge in [0.15, 0.2) is 0 Å². The SMILES string of the molecule is C[Si]c1cc(C)no1. The minimum Gasteiger partial charge on any atom is -0.367 e. The quantitative estimate of drug-likeness (QED) is 0.506. The highest BCUT2D eigenvalue weighted by atomic mass is 28.2. The molecule has 1 heterocycles. The Bertz CT molecular complexity index is 173. The first kappa shape index (κ1) is 5.56. The average molecular weight is 125 g/mol. The van der Waals surface area contributed by atoms with Crippen molar-refractivity contribution in [2.24, 2.45) is 0 Å². The summed E-state index contributed by atoms with van der Waals surface area (Å²) in [5.74, 6) is 0. The second kappa shape index (κ2) is 2.13. The Hall–Kier alpha value is -0.573. The Labute approximate surface area is 50.7 Å². The molecule has 1 rings (SSSR count). The number of aryl methyl sites for hydroxylation is 1. The van der Waals surface area contributed by atoms with Crippen LogP contribution in [0.15, 0.2) is 10.6 Å². The smallest absolute Gasteiger partial charge is 0.133 e. The van der Waals surface area contributed by atoms with Crippen LogP contribution in [0.25, 0.3) is 0 Å². The molecule has 0 atom stereocenters. The molecule has 0 spiro atoms. The van der Waals surface area contributed by atoms with Crippen molar-refractivity contribution in [1.29, 1.82) is 0 Å². The molecule has 42 valence electrons. The third-order valence-corrected chi connectivity index (χ3v) is 1.60. The molecule has 0 aliphatic carbocycles. The van der Waals surface area contributed by atoms with Gasteiger partial charge in [0.25, 0.3) is 0 Å². The second-order valence-corrected chi connectivity index (χ2v) is 2.58. The summed E-state index contributed by atoms with van der Waals surface area (Å²) in [7, 11) is 0.722. The maximum absolute atomic E-state index is 4.88. The molecule has 2 nitrogen and oxygen atoms in total. The van der Waals surface area contributed by atoms with E-state index in [1.165, 1.54) is 0 Å². The molecule has 0 fully saturated rings. The first-order chi connectivity index (χ1) is 3.83. The predicted molar refractivity (Wildman–Crippen MR) is 32.5 cm³/mol. The van der Waals surface area contributed by atoms with Crippen molar-refractivity contribution in [1.82, 2.24) is 5.16 Å². The molecule has 0 amide bonds. The van der Waals surface area contributed by atoms with Crippen LogP contribution < -0.4 is 5.38 Å². The van der Waals surface area contributed by atoms with Gasteiger partial charge in [-0.15, -0.1) is 0 Å². The number of hydrogen-bond acceptors (Lipinski definition) is 2. The van der Waals surface area contributed by atoms with Gasteiger partial charge in [-0.2, -0.15) is 0 Å². The summed E-state index contributed by atoms with van der Waals surface area (Å²) in [5, 5.41) is 4.71. The van der Waals surface area contributed by atoms with E-state index in [9.17, 15) is 0 Å². The predicted octanol–water partition coefficient (Wildman–Crippen LogP) is 0.361. The summed E-state index contributed by atoms with van der Waals surface area (Å²) in [6.45, 7) is 3.99. The molecule has 1 aromatic heterocycles. The van der Waals surface area contributed by atoms with Gasteiger partial charge in [0.05, 0.1) is 5.69 Å². The standard InChI is InChI=1S/C5H7NOSi/c1-4-3-5(8-2)7-6-4/h3H,1-2H3. The summed E-state index contributed by atoms with van der Waals surface area (Å²) in [6.07, 6.45) is 0. The third-order valence-electron chi connectivity index (χ3n) is 0.874. The molecule has 3 heteroatoms. The van der Waals surface area contributed by atoms with Crippen molar-refractivity contribution in [3.63, 3.8) is 0 Å². The van der Waals surface area contributed by atoms with Gasteiger partial charge in [0, 0.05) is 0 Å². The molecule has 0 bridgehead atoms. The van der Waals surface area contributed by atoms with Crippen molar-refractivity contribution in [2.75, 3.05) is 0 Å². The molecule has 0 unspecified atom stereocenters. The van der Waals surface area contributed by atoms with E-state index >= 15 is 0 Å². The lowest BCUT2D eigenvalue weighted by molar-refractivity contribution is 0.440. The zero-order chi connectivity index (χ0) is 5.98. The van der Waals surface area contributed by atoms with Crippen molar-refractivity contribution in [3.05, 3.63) is 11.8 Å². The van der Waals surface area contributed by atoms with Crippen LogP contribution >= 0.6 is 0 Å². The van der Waals surface area contributed by atoms with Gasteiger partial charge >= 0.3 is 0 Å². The summed E-state index contributed by atoms with van der Waals surface area (Å²) in [4.78, 5) is 0. The fourth-order valence-electron chi connectivity index (χ4n) is 0.481. The maximum atomic E-state index is 4.88. The van der Waals surface area contributed by atoms with Crippen molar-refractivity contribution in [2.45, 2.75) is 13.5 Å². The highest BCUT2D eigenvalue weighted by Gasteiger charge is 1.94. The van der Waals surface area contributed by atoms with Crippen LogP contribution in [0.1, 0.15) is 5.69 Å². The lowest BCUT2D eigenvalue weighted by Gasteiger charge is -1.74. The summed E-state index contributed by atoms with van der Waals surface area (Å²) in [6, 6.07) is 1.96. The molecule has 1 aromatic rings. The first-order valence-electron chi connectivity index (χ1n) is 2.44. The van der Waals surface area contributed by atoms with Gasteiger partial charge in [0.2, 0.25) is 0 Å². The summed E-state index contributed by atoms with van der Waals surface area (Å²) >= 11 is 0. The van der Waals surface area contributed by atoms with Crippen LogP contribution in [0.4, 0.5) is 0 Å². The fraction of sp³-hybridized carbons (Fsp3) is 0.400. The normalized spacial score (nSPS) is 9.75. The average Bonchev–Trinajstić information content (AvgIpc) is 2.14. The molecule has 0 aliphatic heterocycles. The highest BCUT2D eigenvalue weighted by molar-refractivity contribution is 6.50. The summed E-state index contributed by atoms with van der Waals surface area (Å²) in [5.41, 5.74) is 0.967. The molecule has 0 N–H and O–H groups in total. The summed E-state index contributed by atoms with van der Waals surface area (Å²) < 4.78 is 4.88. The van der Waals surface area contributed by atoms with Crippen LogP contribution in [0.5, 0.6) is 0 Å². The number of nitrogens with zero attached hydrogens (tertiary/aromatic N) is 1. The van der Waals surface area contributed by atoms with Crippen molar-refractivity contribution < 1.29 is 4.52 Å². The van der Waals surface area contributed by atoms with E-state index < -0.39 is 0 Å². The Kier molecular flexibility index (Phi) is 1.48. The van der Waals surface area contributed by atoms with Crippen LogP contribution in [-0.4, -0.2) is 14.7 Å². The van der Waals surface area contributed by atoms with Gasteiger partial charge in [-0.25, -0.2) is 0 Å². The van der Waals surface area contributed by atoms with E-state index in [4.69, 9.17) is 4.52 Å². The van der Waals surface area contributed by atoms with E-state index in [0.717, 1.165) is 20.6 Å². The van der Waals surface area contributed by atoms with Crippen LogP contribution in [0.2, 0.25) is 6.55 Å². The van der Waals surface area contributed by atoms with E-state index in [0.29, 0.717) is 0 Å². The number of hydrogen-bond donors (Lipinski definition) is 0. The third kappa shape index (κ3) is 0.978. The van der Waals surface area contributed by atoms with E-state index in [2.05, 4.69) is 11.7 Å².